The minimum Gasteiger partial charge on any atom is -0.494 e. The van der Waals surface area contributed by atoms with Gasteiger partial charge in [0.2, 0.25) is 11.8 Å². The Hall–Kier alpha value is -5.34. The molecule has 2 saturated heterocycles. The molecule has 3 amide bonds. The van der Waals surface area contributed by atoms with Gasteiger partial charge in [0, 0.05) is 37.7 Å². The molecule has 5 heterocycles. The van der Waals surface area contributed by atoms with Crippen molar-refractivity contribution in [2.24, 2.45) is 13.0 Å². The highest BCUT2D eigenvalue weighted by Gasteiger charge is 2.33. The van der Waals surface area contributed by atoms with Crippen molar-refractivity contribution >= 4 is 45.3 Å². The van der Waals surface area contributed by atoms with Crippen molar-refractivity contribution in [3.63, 3.8) is 0 Å². The third kappa shape index (κ3) is 7.23. The number of ether oxygens (including phenoxy) is 1. The molecule has 2 aliphatic heterocycles. The van der Waals surface area contributed by atoms with Crippen LogP contribution >= 0.6 is 0 Å². The number of carbonyl (C=O) groups excluding carboxylic acids is 3. The number of imidazole rings is 1. The summed E-state index contributed by atoms with van der Waals surface area (Å²) in [5.41, 5.74) is 3.34. The highest BCUT2D eigenvalue weighted by Crippen LogP contribution is 2.38. The second-order valence-electron chi connectivity index (χ2n) is 16.3. The van der Waals surface area contributed by atoms with Crippen molar-refractivity contribution in [2.75, 3.05) is 32.1 Å². The lowest BCUT2D eigenvalue weighted by Crippen LogP contribution is -2.44. The van der Waals surface area contributed by atoms with E-state index in [9.17, 15) is 24.3 Å². The number of aliphatic hydroxyl groups is 1. The van der Waals surface area contributed by atoms with Gasteiger partial charge in [-0.25, -0.2) is 9.78 Å². The van der Waals surface area contributed by atoms with Gasteiger partial charge in [0.1, 0.15) is 23.1 Å². The number of piperidine rings is 2. The molecule has 14 heteroatoms. The van der Waals surface area contributed by atoms with Crippen LogP contribution in [0.1, 0.15) is 105 Å². The monoisotopic (exact) mass is 762 g/mol. The van der Waals surface area contributed by atoms with Gasteiger partial charge in [0.25, 0.3) is 5.91 Å². The van der Waals surface area contributed by atoms with E-state index in [2.05, 4.69) is 37.5 Å². The van der Waals surface area contributed by atoms with Crippen LogP contribution in [0.3, 0.4) is 0 Å². The van der Waals surface area contributed by atoms with Crippen LogP contribution in [0.4, 0.5) is 5.69 Å². The number of rotatable bonds is 9. The standard InChI is InChI=1S/C42H50N8O6/c1-42(2,55)36-10-6-8-30(43-36)39(52)44-32-21-27-24-49(46-31(27)22-35(32)56-4)28-13-11-25(12-14-28)23-48-19-17-26(18-20-48)29-7-5-9-33-38(29)47(3)41(54)50(33)34-15-16-37(51)45-40(34)53/h5-10,21-22,24-26,28,34,55H,11-20,23H2,1-4H3,(H,44,52)(H,45,51,53). The Morgan fingerprint density at radius 3 is 2.46 bits per heavy atom. The zero-order valence-electron chi connectivity index (χ0n) is 32.5. The maximum absolute atomic E-state index is 13.5. The average Bonchev–Trinajstić information content (AvgIpc) is 3.72. The number of methoxy groups -OCH3 is 1. The van der Waals surface area contributed by atoms with Crippen LogP contribution in [-0.2, 0) is 22.2 Å². The van der Waals surface area contributed by atoms with Crippen LogP contribution < -0.4 is 21.1 Å². The summed E-state index contributed by atoms with van der Waals surface area (Å²) in [6.45, 7) is 6.33. The SMILES string of the molecule is COc1cc2nn(C3CCC(CN4CCC(c5cccc6c5n(C)c(=O)n6C5CCC(=O)NC5=O)CC4)CC3)cc2cc1NC(=O)c1cccc(C(C)(C)O)n1. The normalized spacial score (nSPS) is 21.4. The van der Waals surface area contributed by atoms with Crippen molar-refractivity contribution in [1.29, 1.82) is 0 Å². The van der Waals surface area contributed by atoms with Crippen molar-refractivity contribution in [3.8, 4) is 5.75 Å². The molecule has 3 aromatic heterocycles. The van der Waals surface area contributed by atoms with E-state index in [0.717, 1.165) is 85.7 Å². The quantitative estimate of drug-likeness (QED) is 0.172. The lowest BCUT2D eigenvalue weighted by molar-refractivity contribution is -0.135. The van der Waals surface area contributed by atoms with E-state index < -0.39 is 23.5 Å². The Bertz CT molecular complexity index is 2370. The summed E-state index contributed by atoms with van der Waals surface area (Å²) < 4.78 is 11.0. The maximum Gasteiger partial charge on any atom is 0.329 e. The van der Waals surface area contributed by atoms with E-state index in [1.807, 2.05) is 24.3 Å². The first-order valence-corrected chi connectivity index (χ1v) is 19.7. The second kappa shape index (κ2) is 15.0. The number of aromatic nitrogens is 5. The number of hydrogen-bond donors (Lipinski definition) is 3. The number of amides is 3. The zero-order valence-corrected chi connectivity index (χ0v) is 32.5. The van der Waals surface area contributed by atoms with Gasteiger partial charge >= 0.3 is 5.69 Å². The molecule has 294 valence electrons. The molecule has 3 aliphatic rings. The van der Waals surface area contributed by atoms with Crippen molar-refractivity contribution in [2.45, 2.75) is 88.8 Å². The number of para-hydroxylation sites is 1. The Morgan fingerprint density at radius 2 is 1.75 bits per heavy atom. The van der Waals surface area contributed by atoms with Crippen LogP contribution in [0.2, 0.25) is 0 Å². The van der Waals surface area contributed by atoms with E-state index in [4.69, 9.17) is 9.84 Å². The fourth-order valence-corrected chi connectivity index (χ4v) is 9.03. The Kier molecular flexibility index (Phi) is 10.0. The molecule has 3 fully saturated rings. The molecule has 5 aromatic rings. The van der Waals surface area contributed by atoms with Crippen molar-refractivity contribution in [1.82, 2.24) is 34.1 Å². The molecule has 3 N–H and O–H groups in total. The molecule has 1 saturated carbocycles. The first-order valence-electron chi connectivity index (χ1n) is 19.7. The van der Waals surface area contributed by atoms with Gasteiger partial charge < -0.3 is 20.1 Å². The van der Waals surface area contributed by atoms with E-state index in [1.54, 1.807) is 55.3 Å². The number of imide groups is 1. The van der Waals surface area contributed by atoms with Crippen LogP contribution in [-0.4, -0.2) is 78.4 Å². The predicted molar refractivity (Wildman–Crippen MR) is 212 cm³/mol. The molecule has 14 nitrogen and oxygen atoms in total. The predicted octanol–water partition coefficient (Wildman–Crippen LogP) is 5.16. The fraction of sp³-hybridized carbons (Fsp3) is 0.476. The maximum atomic E-state index is 13.5. The molecular formula is C42H50N8O6. The van der Waals surface area contributed by atoms with Gasteiger partial charge in [-0.3, -0.25) is 33.5 Å². The highest BCUT2D eigenvalue weighted by molar-refractivity contribution is 6.05. The minimum absolute atomic E-state index is 0.202. The van der Waals surface area contributed by atoms with Crippen LogP contribution in [0.15, 0.2) is 59.5 Å². The number of hydrogen-bond acceptors (Lipinski definition) is 9. The Balaban J connectivity index is 0.877. The number of nitrogens with zero attached hydrogens (tertiary/aromatic N) is 6. The summed E-state index contributed by atoms with van der Waals surface area (Å²) in [6.07, 6.45) is 8.93. The van der Waals surface area contributed by atoms with E-state index in [0.29, 0.717) is 41.4 Å². The number of benzene rings is 2. The summed E-state index contributed by atoms with van der Waals surface area (Å²) in [6, 6.07) is 14.4. The summed E-state index contributed by atoms with van der Waals surface area (Å²) >= 11 is 0. The van der Waals surface area contributed by atoms with Crippen molar-refractivity contribution < 1.29 is 24.2 Å². The van der Waals surface area contributed by atoms with Crippen LogP contribution in [0, 0.1) is 5.92 Å². The number of nitrogens with one attached hydrogen (secondary N) is 2. The third-order valence-corrected chi connectivity index (χ3v) is 12.1. The lowest BCUT2D eigenvalue weighted by atomic mass is 9.84. The van der Waals surface area contributed by atoms with E-state index in [-0.39, 0.29) is 23.7 Å². The van der Waals surface area contributed by atoms with Crippen molar-refractivity contribution in [3.05, 3.63) is 82.2 Å². The van der Waals surface area contributed by atoms with Crippen LogP contribution in [0.25, 0.3) is 21.9 Å². The minimum atomic E-state index is -1.17. The van der Waals surface area contributed by atoms with Gasteiger partial charge in [-0.15, -0.1) is 0 Å². The number of carbonyl (C=O) groups is 3. The first kappa shape index (κ1) is 37.6. The molecule has 56 heavy (non-hydrogen) atoms. The summed E-state index contributed by atoms with van der Waals surface area (Å²) in [5.74, 6) is 0.341. The first-order chi connectivity index (χ1) is 26.9. The molecular weight excluding hydrogens is 713 g/mol. The number of pyridine rings is 1. The highest BCUT2D eigenvalue weighted by atomic mass is 16.5. The fourth-order valence-electron chi connectivity index (χ4n) is 9.03. The number of anilines is 1. The molecule has 1 aliphatic carbocycles. The van der Waals surface area contributed by atoms with Crippen LogP contribution in [0.5, 0.6) is 5.75 Å². The van der Waals surface area contributed by atoms with E-state index >= 15 is 0 Å². The molecule has 2 aromatic carbocycles. The van der Waals surface area contributed by atoms with Gasteiger partial charge in [-0.05, 0) is 114 Å². The lowest BCUT2D eigenvalue weighted by Gasteiger charge is -2.37. The van der Waals surface area contributed by atoms with Gasteiger partial charge in [-0.1, -0.05) is 18.2 Å². The zero-order chi connectivity index (χ0) is 39.3. The number of aryl methyl sites for hydroxylation is 1. The molecule has 8 rings (SSSR count). The topological polar surface area (TPSA) is 166 Å². The Labute approximate surface area is 324 Å². The molecule has 0 radical (unpaired) electrons. The van der Waals surface area contributed by atoms with Gasteiger partial charge in [0.05, 0.1) is 41.1 Å². The molecule has 0 spiro atoms. The smallest absolute Gasteiger partial charge is 0.329 e. The molecule has 1 unspecified atom stereocenters. The van der Waals surface area contributed by atoms with Gasteiger partial charge in [0.15, 0.2) is 0 Å². The number of fused-ring (bicyclic) bond motifs is 2. The largest absolute Gasteiger partial charge is 0.494 e. The van der Waals surface area contributed by atoms with E-state index in [1.165, 1.54) is 0 Å². The summed E-state index contributed by atoms with van der Waals surface area (Å²) in [7, 11) is 3.35. The summed E-state index contributed by atoms with van der Waals surface area (Å²) in [4.78, 5) is 58.1. The molecule has 1 atom stereocenters. The summed E-state index contributed by atoms with van der Waals surface area (Å²) in [5, 5.41) is 21.5. The molecule has 0 bridgehead atoms. The Morgan fingerprint density at radius 1 is 1.00 bits per heavy atom. The third-order valence-electron chi connectivity index (χ3n) is 12.1. The van der Waals surface area contributed by atoms with Gasteiger partial charge in [-0.2, -0.15) is 5.10 Å². The second-order valence-corrected chi connectivity index (χ2v) is 16.3. The number of likely N-dealkylation sites (tertiary alicyclic amines) is 1. The average molecular weight is 763 g/mol.